The average molecular weight is 270 g/mol. The van der Waals surface area contributed by atoms with Crippen LogP contribution < -0.4 is 0 Å². The van der Waals surface area contributed by atoms with Crippen molar-refractivity contribution >= 4 is 11.8 Å². The Morgan fingerprint density at radius 2 is 1.84 bits per heavy atom. The molecule has 1 N–H and O–H groups in total. The predicted molar refractivity (Wildman–Crippen MR) is 74.8 cm³/mol. The van der Waals surface area contributed by atoms with E-state index in [1.165, 1.54) is 5.57 Å². The molecule has 0 aliphatic carbocycles. The summed E-state index contributed by atoms with van der Waals surface area (Å²) in [5, 5.41) is 9.68. The van der Waals surface area contributed by atoms with E-state index in [0.717, 1.165) is 6.42 Å². The van der Waals surface area contributed by atoms with E-state index in [-0.39, 0.29) is 18.6 Å². The van der Waals surface area contributed by atoms with Crippen LogP contribution in [0.2, 0.25) is 0 Å². The van der Waals surface area contributed by atoms with E-state index in [0.29, 0.717) is 6.42 Å². The van der Waals surface area contributed by atoms with Gasteiger partial charge in [-0.25, -0.2) is 0 Å². The molecule has 0 unspecified atom stereocenters. The van der Waals surface area contributed by atoms with Crippen LogP contribution in [0.5, 0.6) is 0 Å². The monoisotopic (exact) mass is 270 g/mol. The highest BCUT2D eigenvalue weighted by Crippen LogP contribution is 2.11. The predicted octanol–water partition coefficient (Wildman–Crippen LogP) is 2.78. The van der Waals surface area contributed by atoms with E-state index < -0.39 is 17.7 Å². The summed E-state index contributed by atoms with van der Waals surface area (Å²) < 4.78 is 5.05. The molecule has 0 saturated carbocycles. The minimum Gasteiger partial charge on any atom is -0.460 e. The summed E-state index contributed by atoms with van der Waals surface area (Å²) >= 11 is 0. The number of Topliss-reactive ketones (excluding diaryl/α,β-unsaturated/α-hetero) is 1. The third-order valence-corrected chi connectivity index (χ3v) is 2.28. The van der Waals surface area contributed by atoms with Gasteiger partial charge in [-0.1, -0.05) is 11.6 Å². The quantitative estimate of drug-likeness (QED) is 0.439. The number of ketones is 1. The molecule has 0 heterocycles. The van der Waals surface area contributed by atoms with Gasteiger partial charge in [0.1, 0.15) is 17.8 Å². The molecule has 19 heavy (non-hydrogen) atoms. The minimum absolute atomic E-state index is 0.00977. The third kappa shape index (κ3) is 11.7. The Morgan fingerprint density at radius 3 is 2.32 bits per heavy atom. The highest BCUT2D eigenvalue weighted by molar-refractivity contribution is 5.95. The van der Waals surface area contributed by atoms with E-state index >= 15 is 0 Å². The smallest absolute Gasteiger partial charge is 0.313 e. The Bertz CT molecular complexity index is 333. The molecule has 0 radical (unpaired) electrons. The van der Waals surface area contributed by atoms with Crippen molar-refractivity contribution < 1.29 is 19.4 Å². The molecule has 0 aromatic carbocycles. The first-order chi connectivity index (χ1) is 8.60. The van der Waals surface area contributed by atoms with Crippen LogP contribution in [0.3, 0.4) is 0 Å². The van der Waals surface area contributed by atoms with E-state index in [9.17, 15) is 14.7 Å². The summed E-state index contributed by atoms with van der Waals surface area (Å²) in [6.45, 7) is 9.23. The molecule has 0 saturated heterocycles. The maximum Gasteiger partial charge on any atom is 0.313 e. The molecule has 0 amide bonds. The van der Waals surface area contributed by atoms with Crippen molar-refractivity contribution in [3.8, 4) is 0 Å². The van der Waals surface area contributed by atoms with Gasteiger partial charge in [0.2, 0.25) is 0 Å². The van der Waals surface area contributed by atoms with Crippen molar-refractivity contribution in [3.63, 3.8) is 0 Å². The van der Waals surface area contributed by atoms with Gasteiger partial charge < -0.3 is 9.84 Å². The second-order valence-corrected chi connectivity index (χ2v) is 6.02. The Balaban J connectivity index is 3.97. The molecule has 4 heteroatoms. The number of hydrogen-bond acceptors (Lipinski definition) is 4. The van der Waals surface area contributed by atoms with Crippen LogP contribution >= 0.6 is 0 Å². The second-order valence-electron chi connectivity index (χ2n) is 6.02. The van der Waals surface area contributed by atoms with Gasteiger partial charge >= 0.3 is 5.97 Å². The fourth-order valence-electron chi connectivity index (χ4n) is 1.54. The van der Waals surface area contributed by atoms with Crippen molar-refractivity contribution in [1.29, 1.82) is 0 Å². The van der Waals surface area contributed by atoms with Gasteiger partial charge in [-0.2, -0.15) is 0 Å². The molecule has 0 aliphatic heterocycles. The molecule has 0 aliphatic rings. The van der Waals surface area contributed by atoms with E-state index in [1.54, 1.807) is 20.8 Å². The number of aliphatic hydroxyl groups excluding tert-OH is 1. The number of rotatable bonds is 7. The Hall–Kier alpha value is -1.16. The number of carbonyl (C=O) groups is 2. The normalized spacial score (nSPS) is 12.7. The average Bonchev–Trinajstić information content (AvgIpc) is 2.12. The van der Waals surface area contributed by atoms with Gasteiger partial charge in [0, 0.05) is 6.42 Å². The van der Waals surface area contributed by atoms with Crippen LogP contribution in [0.25, 0.3) is 0 Å². The lowest BCUT2D eigenvalue weighted by Crippen LogP contribution is -2.26. The summed E-state index contributed by atoms with van der Waals surface area (Å²) in [5.41, 5.74) is 0.603. The van der Waals surface area contributed by atoms with Gasteiger partial charge in [0.05, 0.1) is 6.10 Å². The second kappa shape index (κ2) is 8.10. The summed E-state index contributed by atoms with van der Waals surface area (Å²) in [7, 11) is 0. The van der Waals surface area contributed by atoms with Crippen LogP contribution in [0.4, 0.5) is 0 Å². The summed E-state index contributed by atoms with van der Waals surface area (Å²) in [6, 6.07) is 0. The zero-order valence-corrected chi connectivity index (χ0v) is 12.7. The van der Waals surface area contributed by atoms with Gasteiger partial charge in [-0.15, -0.1) is 0 Å². The van der Waals surface area contributed by atoms with Crippen molar-refractivity contribution in [3.05, 3.63) is 11.6 Å². The van der Waals surface area contributed by atoms with Gasteiger partial charge in [0.25, 0.3) is 0 Å². The van der Waals surface area contributed by atoms with Crippen LogP contribution in [-0.2, 0) is 14.3 Å². The van der Waals surface area contributed by atoms with Crippen molar-refractivity contribution in [2.24, 2.45) is 0 Å². The number of allylic oxidation sites excluding steroid dienone is 2. The summed E-state index contributed by atoms with van der Waals surface area (Å²) in [4.78, 5) is 23.0. The van der Waals surface area contributed by atoms with E-state index in [2.05, 4.69) is 0 Å². The van der Waals surface area contributed by atoms with Crippen LogP contribution in [0.15, 0.2) is 11.6 Å². The van der Waals surface area contributed by atoms with Crippen molar-refractivity contribution in [1.82, 2.24) is 0 Å². The maximum atomic E-state index is 11.6. The van der Waals surface area contributed by atoms with E-state index in [4.69, 9.17) is 4.74 Å². The summed E-state index contributed by atoms with van der Waals surface area (Å²) in [5.74, 6) is -0.812. The number of aliphatic hydroxyl groups is 1. The molecule has 0 spiro atoms. The van der Waals surface area contributed by atoms with Crippen molar-refractivity contribution in [2.45, 2.75) is 72.0 Å². The molecule has 0 aromatic rings. The first-order valence-corrected chi connectivity index (χ1v) is 6.65. The van der Waals surface area contributed by atoms with Gasteiger partial charge in [0.15, 0.2) is 0 Å². The zero-order chi connectivity index (χ0) is 15.1. The molecular weight excluding hydrogens is 244 g/mol. The fraction of sp³-hybridized carbons (Fsp3) is 0.733. The topological polar surface area (TPSA) is 63.6 Å². The Kier molecular flexibility index (Phi) is 7.61. The molecule has 0 aromatic heterocycles. The molecule has 0 rings (SSSR count). The lowest BCUT2D eigenvalue weighted by molar-refractivity contribution is -0.156. The molecular formula is C15H26O4. The van der Waals surface area contributed by atoms with Crippen LogP contribution in [-0.4, -0.2) is 28.6 Å². The highest BCUT2D eigenvalue weighted by Gasteiger charge is 2.20. The standard InChI is InChI=1S/C15H26O4/c1-11(2)7-6-8-12(16)9-13(17)10-14(18)19-15(3,4)5/h7,12,16H,6,8-10H2,1-5H3/t12-/m1/s1. The van der Waals surface area contributed by atoms with Crippen LogP contribution in [0, 0.1) is 0 Å². The number of hydrogen-bond donors (Lipinski definition) is 1. The van der Waals surface area contributed by atoms with Gasteiger partial charge in [-0.05, 0) is 47.5 Å². The first kappa shape index (κ1) is 17.8. The lowest BCUT2D eigenvalue weighted by atomic mass is 10.1. The maximum absolute atomic E-state index is 11.6. The first-order valence-electron chi connectivity index (χ1n) is 6.65. The largest absolute Gasteiger partial charge is 0.460 e. The molecule has 0 bridgehead atoms. The van der Waals surface area contributed by atoms with Crippen molar-refractivity contribution in [2.75, 3.05) is 0 Å². The fourth-order valence-corrected chi connectivity index (χ4v) is 1.54. The lowest BCUT2D eigenvalue weighted by Gasteiger charge is -2.19. The highest BCUT2D eigenvalue weighted by atomic mass is 16.6. The Morgan fingerprint density at radius 1 is 1.26 bits per heavy atom. The SMILES string of the molecule is CC(C)=CCC[C@@H](O)CC(=O)CC(=O)OC(C)(C)C. The summed E-state index contributed by atoms with van der Waals surface area (Å²) in [6.07, 6.45) is 2.34. The van der Waals surface area contributed by atoms with E-state index in [1.807, 2.05) is 19.9 Å². The Labute approximate surface area is 115 Å². The number of ether oxygens (including phenoxy) is 1. The minimum atomic E-state index is -0.689. The third-order valence-electron chi connectivity index (χ3n) is 2.28. The van der Waals surface area contributed by atoms with Crippen LogP contribution in [0.1, 0.15) is 60.3 Å². The molecule has 0 fully saturated rings. The van der Waals surface area contributed by atoms with Gasteiger partial charge in [-0.3, -0.25) is 9.59 Å². The number of esters is 1. The zero-order valence-electron chi connectivity index (χ0n) is 12.7. The molecule has 110 valence electrons. The molecule has 1 atom stereocenters. The number of carbonyl (C=O) groups excluding carboxylic acids is 2. The molecule has 4 nitrogen and oxygen atoms in total.